The smallest absolute Gasteiger partial charge is 0.0782 e. The van der Waals surface area contributed by atoms with E-state index in [2.05, 4.69) is 269 Å². The van der Waals surface area contributed by atoms with Crippen LogP contribution in [-0.2, 0) is 16.2 Å². The largest absolute Gasteiger partial charge is 0.308 e. The lowest BCUT2D eigenvalue weighted by molar-refractivity contribution is 0.568. The SMILES string of the molecule is CC(C)(C)c1cc(-n2c3ccccc3c3cccc(N(c4cccc(-c5ccccc5)c4)c4ccc5c(c4)C(c4ccccc4)(c4ccccc4)c4ccccc4-5)c32)cc(C(C)(C)C)c1. The molecule has 0 saturated heterocycles. The fraction of sp³-hybridized carbons (Fsp3) is 0.143. The van der Waals surface area contributed by atoms with E-state index in [1.807, 2.05) is 0 Å². The van der Waals surface area contributed by atoms with Gasteiger partial charge < -0.3 is 9.47 Å². The average Bonchev–Trinajstić information content (AvgIpc) is 3.83. The summed E-state index contributed by atoms with van der Waals surface area (Å²) < 4.78 is 2.54. The highest BCUT2D eigenvalue weighted by atomic mass is 15.2. The summed E-state index contributed by atoms with van der Waals surface area (Å²) in [6, 6.07) is 81.4. The molecule has 1 aromatic heterocycles. The average molecular weight is 839 g/mol. The molecular formula is C63H54N2. The molecule has 65 heavy (non-hydrogen) atoms. The molecule has 0 fully saturated rings. The molecule has 9 aromatic carbocycles. The van der Waals surface area contributed by atoms with E-state index in [0.29, 0.717) is 0 Å². The van der Waals surface area contributed by atoms with Crippen LogP contribution in [0.15, 0.2) is 218 Å². The molecule has 0 bridgehead atoms. The van der Waals surface area contributed by atoms with E-state index in [1.165, 1.54) is 83.1 Å². The Kier molecular flexibility index (Phi) is 9.55. The van der Waals surface area contributed by atoms with Crippen molar-refractivity contribution in [1.29, 1.82) is 0 Å². The number of hydrogen-bond acceptors (Lipinski definition) is 1. The van der Waals surface area contributed by atoms with Crippen LogP contribution in [0, 0.1) is 0 Å². The van der Waals surface area contributed by atoms with Crippen molar-refractivity contribution in [3.8, 4) is 27.9 Å². The van der Waals surface area contributed by atoms with Crippen LogP contribution in [0.3, 0.4) is 0 Å². The summed E-state index contributed by atoms with van der Waals surface area (Å²) in [5.74, 6) is 0. The number of fused-ring (bicyclic) bond motifs is 6. The summed E-state index contributed by atoms with van der Waals surface area (Å²) in [7, 11) is 0. The summed E-state index contributed by atoms with van der Waals surface area (Å²) in [5, 5.41) is 2.45. The van der Waals surface area contributed by atoms with E-state index in [9.17, 15) is 0 Å². The van der Waals surface area contributed by atoms with Crippen molar-refractivity contribution in [2.75, 3.05) is 4.90 Å². The molecule has 0 unspecified atom stereocenters. The highest BCUT2D eigenvalue weighted by Gasteiger charge is 2.46. The van der Waals surface area contributed by atoms with Crippen molar-refractivity contribution in [2.45, 2.75) is 57.8 Å². The number of benzene rings is 9. The van der Waals surface area contributed by atoms with Crippen LogP contribution in [0.2, 0.25) is 0 Å². The minimum atomic E-state index is -0.542. The second kappa shape index (κ2) is 15.4. The first-order valence-electron chi connectivity index (χ1n) is 23.0. The van der Waals surface area contributed by atoms with E-state index >= 15 is 0 Å². The number of nitrogens with zero attached hydrogens (tertiary/aromatic N) is 2. The molecule has 0 amide bonds. The van der Waals surface area contributed by atoms with Gasteiger partial charge in [0.05, 0.1) is 22.1 Å². The van der Waals surface area contributed by atoms with Crippen molar-refractivity contribution >= 4 is 38.9 Å². The van der Waals surface area contributed by atoms with Crippen molar-refractivity contribution in [2.24, 2.45) is 0 Å². The van der Waals surface area contributed by atoms with Crippen molar-refractivity contribution in [3.63, 3.8) is 0 Å². The van der Waals surface area contributed by atoms with Crippen LogP contribution in [-0.4, -0.2) is 4.57 Å². The second-order valence-corrected chi connectivity index (χ2v) is 19.8. The molecule has 316 valence electrons. The molecule has 0 aliphatic heterocycles. The van der Waals surface area contributed by atoms with Crippen LogP contribution in [0.1, 0.15) is 74.9 Å². The Hall–Kier alpha value is -7.42. The summed E-state index contributed by atoms with van der Waals surface area (Å²) in [6.45, 7) is 14.0. The molecule has 0 N–H and O–H groups in total. The molecule has 10 aromatic rings. The first kappa shape index (κ1) is 40.4. The lowest BCUT2D eigenvalue weighted by atomic mass is 9.67. The zero-order chi connectivity index (χ0) is 44.5. The van der Waals surface area contributed by atoms with Crippen LogP contribution >= 0.6 is 0 Å². The zero-order valence-electron chi connectivity index (χ0n) is 38.2. The summed E-state index contributed by atoms with van der Waals surface area (Å²) in [5.41, 5.74) is 18.8. The molecule has 11 rings (SSSR count). The summed E-state index contributed by atoms with van der Waals surface area (Å²) in [4.78, 5) is 2.52. The molecule has 1 heterocycles. The Morgan fingerprint density at radius 2 is 0.938 bits per heavy atom. The van der Waals surface area contributed by atoms with E-state index in [1.54, 1.807) is 0 Å². The first-order valence-corrected chi connectivity index (χ1v) is 23.0. The Labute approximate surface area is 384 Å². The van der Waals surface area contributed by atoms with Gasteiger partial charge in [0.15, 0.2) is 0 Å². The maximum absolute atomic E-state index is 2.54. The van der Waals surface area contributed by atoms with Crippen LogP contribution in [0.4, 0.5) is 17.1 Å². The second-order valence-electron chi connectivity index (χ2n) is 19.8. The van der Waals surface area contributed by atoms with Crippen LogP contribution < -0.4 is 4.90 Å². The topological polar surface area (TPSA) is 8.17 Å². The van der Waals surface area contributed by atoms with Gasteiger partial charge >= 0.3 is 0 Å². The third-order valence-electron chi connectivity index (χ3n) is 13.7. The number of para-hydroxylation sites is 2. The van der Waals surface area contributed by atoms with Gasteiger partial charge in [-0.2, -0.15) is 0 Å². The molecule has 2 heteroatoms. The van der Waals surface area contributed by atoms with Crippen molar-refractivity contribution in [1.82, 2.24) is 4.57 Å². The van der Waals surface area contributed by atoms with Crippen LogP contribution in [0.25, 0.3) is 49.7 Å². The standard InChI is InChI=1S/C63H54N2/c1-61(2,3)47-39-48(62(4,5)6)41-51(40-47)65-58-34-19-17-31-54(58)55-32-21-35-59(60(55)65)64(49-29-20-24-44(38-49)43-22-10-7-11-23-43)50-36-37-53-52-30-16-18-33-56(52)63(57(53)42-50,45-25-12-8-13-26-45)46-27-14-9-15-28-46/h7-42H,1-6H3. The third-order valence-corrected chi connectivity index (χ3v) is 13.7. The molecule has 0 spiro atoms. The first-order chi connectivity index (χ1) is 31.5. The predicted octanol–water partition coefficient (Wildman–Crippen LogP) is 16.9. The lowest BCUT2D eigenvalue weighted by Crippen LogP contribution is -2.28. The van der Waals surface area contributed by atoms with Gasteiger partial charge in [-0.05, 0) is 115 Å². The lowest BCUT2D eigenvalue weighted by Gasteiger charge is -2.35. The van der Waals surface area contributed by atoms with E-state index < -0.39 is 5.41 Å². The van der Waals surface area contributed by atoms with Gasteiger partial charge in [0.1, 0.15) is 0 Å². The van der Waals surface area contributed by atoms with Gasteiger partial charge in [0, 0.05) is 27.8 Å². The highest BCUT2D eigenvalue weighted by Crippen LogP contribution is 2.57. The molecule has 1 aliphatic carbocycles. The molecule has 1 aliphatic rings. The minimum Gasteiger partial charge on any atom is -0.308 e. The number of anilines is 3. The zero-order valence-corrected chi connectivity index (χ0v) is 38.2. The number of rotatable bonds is 7. The molecule has 0 atom stereocenters. The quantitative estimate of drug-likeness (QED) is 0.155. The Morgan fingerprint density at radius 1 is 0.400 bits per heavy atom. The molecule has 2 nitrogen and oxygen atoms in total. The fourth-order valence-electron chi connectivity index (χ4n) is 10.5. The van der Waals surface area contributed by atoms with Crippen molar-refractivity contribution in [3.05, 3.63) is 252 Å². The maximum Gasteiger partial charge on any atom is 0.0782 e. The Balaban J connectivity index is 1.25. The van der Waals surface area contributed by atoms with Gasteiger partial charge in [-0.1, -0.05) is 211 Å². The predicted molar refractivity (Wildman–Crippen MR) is 276 cm³/mol. The Morgan fingerprint density at radius 3 is 1.62 bits per heavy atom. The third kappa shape index (κ3) is 6.62. The van der Waals surface area contributed by atoms with E-state index in [0.717, 1.165) is 17.1 Å². The van der Waals surface area contributed by atoms with Gasteiger partial charge in [-0.25, -0.2) is 0 Å². The van der Waals surface area contributed by atoms with Gasteiger partial charge in [0.2, 0.25) is 0 Å². The van der Waals surface area contributed by atoms with Gasteiger partial charge in [0.25, 0.3) is 0 Å². The van der Waals surface area contributed by atoms with Crippen LogP contribution in [0.5, 0.6) is 0 Å². The number of aromatic nitrogens is 1. The molecular weight excluding hydrogens is 785 g/mol. The van der Waals surface area contributed by atoms with E-state index in [-0.39, 0.29) is 10.8 Å². The highest BCUT2D eigenvalue weighted by molar-refractivity contribution is 6.14. The maximum atomic E-state index is 2.54. The van der Waals surface area contributed by atoms with Crippen molar-refractivity contribution < 1.29 is 0 Å². The fourth-order valence-corrected chi connectivity index (χ4v) is 10.5. The van der Waals surface area contributed by atoms with Gasteiger partial charge in [-0.15, -0.1) is 0 Å². The summed E-state index contributed by atoms with van der Waals surface area (Å²) >= 11 is 0. The Bertz CT molecular complexity index is 3310. The summed E-state index contributed by atoms with van der Waals surface area (Å²) in [6.07, 6.45) is 0. The van der Waals surface area contributed by atoms with Gasteiger partial charge in [-0.3, -0.25) is 0 Å². The normalized spacial score (nSPS) is 13.2. The van der Waals surface area contributed by atoms with E-state index in [4.69, 9.17) is 0 Å². The number of hydrogen-bond donors (Lipinski definition) is 0. The molecule has 0 saturated carbocycles. The monoisotopic (exact) mass is 838 g/mol. The molecule has 0 radical (unpaired) electrons. The minimum absolute atomic E-state index is 0.0481.